The lowest BCUT2D eigenvalue weighted by Crippen LogP contribution is -2.50. The number of anilines is 1. The summed E-state index contributed by atoms with van der Waals surface area (Å²) in [6, 6.07) is 12.1. The summed E-state index contributed by atoms with van der Waals surface area (Å²) >= 11 is 1.38. The van der Waals surface area contributed by atoms with Gasteiger partial charge in [0, 0.05) is 6.07 Å². The average molecular weight is 411 g/mol. The minimum Gasteiger partial charge on any atom is -0.334 e. The number of aryl methyl sites for hydroxylation is 1. The van der Waals surface area contributed by atoms with E-state index in [4.69, 9.17) is 0 Å². The van der Waals surface area contributed by atoms with Gasteiger partial charge in [0.15, 0.2) is 0 Å². The minimum atomic E-state index is 0.113. The third-order valence-electron chi connectivity index (χ3n) is 5.24. The predicted molar refractivity (Wildman–Crippen MR) is 111 cm³/mol. The molecule has 1 aliphatic heterocycles. The van der Waals surface area contributed by atoms with Crippen LogP contribution in [0.1, 0.15) is 11.1 Å². The van der Waals surface area contributed by atoms with Crippen LogP contribution in [0.15, 0.2) is 47.8 Å². The van der Waals surface area contributed by atoms with Gasteiger partial charge in [0.1, 0.15) is 13.1 Å². The Morgan fingerprint density at radius 2 is 1.93 bits per heavy atom. The molecule has 1 aromatic carbocycles. The van der Waals surface area contributed by atoms with Crippen LogP contribution < -0.4 is 9.88 Å². The summed E-state index contributed by atoms with van der Waals surface area (Å²) in [6.45, 7) is 7.17. The number of rotatable bonds is 5. The van der Waals surface area contributed by atoms with Crippen LogP contribution in [-0.4, -0.2) is 62.9 Å². The van der Waals surface area contributed by atoms with Gasteiger partial charge in [0.05, 0.1) is 30.7 Å². The number of aromatic amines is 1. The van der Waals surface area contributed by atoms with E-state index < -0.39 is 0 Å². The molecule has 0 bridgehead atoms. The Bertz CT molecular complexity index is 984. The van der Waals surface area contributed by atoms with Gasteiger partial charge in [-0.25, -0.2) is 4.98 Å². The fourth-order valence-corrected chi connectivity index (χ4v) is 4.17. The van der Waals surface area contributed by atoms with E-state index in [1.165, 1.54) is 17.3 Å². The number of hydrogen-bond donors (Lipinski definition) is 0. The number of nitrogens with one attached hydrogen (secondary N) is 1. The van der Waals surface area contributed by atoms with E-state index in [1.807, 2.05) is 35.4 Å². The SMILES string of the molecule is Cc1cccc(-n2nnnc2SCC(=O)N2CCN(c3cccc[nH+]3)CC2)c1C. The van der Waals surface area contributed by atoms with Crippen LogP contribution in [0.3, 0.4) is 0 Å². The largest absolute Gasteiger partial charge is 0.334 e. The summed E-state index contributed by atoms with van der Waals surface area (Å²) in [5, 5.41) is 12.7. The van der Waals surface area contributed by atoms with Crippen LogP contribution in [0.25, 0.3) is 5.69 Å². The number of piperazine rings is 1. The number of carbonyl (C=O) groups is 1. The molecule has 1 aliphatic rings. The Balaban J connectivity index is 1.35. The van der Waals surface area contributed by atoms with Crippen molar-refractivity contribution in [2.45, 2.75) is 19.0 Å². The molecule has 0 atom stereocenters. The molecule has 2 aromatic heterocycles. The molecule has 0 unspecified atom stereocenters. The van der Waals surface area contributed by atoms with Crippen molar-refractivity contribution < 1.29 is 9.78 Å². The lowest BCUT2D eigenvalue weighted by atomic mass is 10.1. The summed E-state index contributed by atoms with van der Waals surface area (Å²) in [7, 11) is 0. The topological polar surface area (TPSA) is 81.3 Å². The number of H-pyrrole nitrogens is 1. The van der Waals surface area contributed by atoms with Gasteiger partial charge < -0.3 is 4.90 Å². The van der Waals surface area contributed by atoms with Crippen LogP contribution in [0.4, 0.5) is 5.82 Å². The van der Waals surface area contributed by atoms with Gasteiger partial charge in [0.2, 0.25) is 11.1 Å². The van der Waals surface area contributed by atoms with E-state index in [0.717, 1.165) is 30.2 Å². The van der Waals surface area contributed by atoms with E-state index in [0.29, 0.717) is 24.0 Å². The number of tetrazole rings is 1. The molecule has 1 amide bonds. The quantitative estimate of drug-likeness (QED) is 0.594. The Morgan fingerprint density at radius 3 is 2.69 bits per heavy atom. The fourth-order valence-electron chi connectivity index (χ4n) is 3.38. The number of carbonyl (C=O) groups excluding carboxylic acids is 1. The Morgan fingerprint density at radius 1 is 1.10 bits per heavy atom. The molecule has 8 nitrogen and oxygen atoms in total. The maximum atomic E-state index is 12.7. The van der Waals surface area contributed by atoms with Crippen molar-refractivity contribution in [1.82, 2.24) is 25.1 Å². The molecule has 1 saturated heterocycles. The Labute approximate surface area is 173 Å². The second kappa shape index (κ2) is 8.60. The van der Waals surface area contributed by atoms with Crippen molar-refractivity contribution in [3.05, 3.63) is 53.7 Å². The normalized spacial score (nSPS) is 14.3. The van der Waals surface area contributed by atoms with Crippen molar-refractivity contribution in [1.29, 1.82) is 0 Å². The molecule has 0 radical (unpaired) electrons. The van der Waals surface area contributed by atoms with Crippen molar-refractivity contribution in [2.24, 2.45) is 0 Å². The van der Waals surface area contributed by atoms with E-state index in [1.54, 1.807) is 4.68 Å². The first-order chi connectivity index (χ1) is 14.1. The number of hydrogen-bond acceptors (Lipinski definition) is 6. The minimum absolute atomic E-state index is 0.113. The molecule has 0 aliphatic carbocycles. The highest BCUT2D eigenvalue weighted by Gasteiger charge is 2.26. The number of benzene rings is 1. The first-order valence-electron chi connectivity index (χ1n) is 9.60. The highest BCUT2D eigenvalue weighted by atomic mass is 32.2. The molecule has 29 heavy (non-hydrogen) atoms. The number of thioether (sulfide) groups is 1. The summed E-state index contributed by atoms with van der Waals surface area (Å²) in [5.41, 5.74) is 3.25. The standard InChI is InChI=1S/C20H23N7OS/c1-15-6-5-7-17(16(15)2)27-20(22-23-24-27)29-14-19(28)26-12-10-25(11-13-26)18-8-3-4-9-21-18/h3-9H,10-14H2,1-2H3/p+1. The molecule has 4 rings (SSSR count). The fraction of sp³-hybridized carbons (Fsp3) is 0.350. The van der Waals surface area contributed by atoms with Crippen LogP contribution in [0.2, 0.25) is 0 Å². The van der Waals surface area contributed by atoms with Crippen molar-refractivity contribution in [2.75, 3.05) is 36.8 Å². The summed E-state index contributed by atoms with van der Waals surface area (Å²) in [5.74, 6) is 1.52. The van der Waals surface area contributed by atoms with Crippen LogP contribution in [0.5, 0.6) is 0 Å². The lowest BCUT2D eigenvalue weighted by molar-refractivity contribution is -0.364. The summed E-state index contributed by atoms with van der Waals surface area (Å²) in [6.07, 6.45) is 1.92. The van der Waals surface area contributed by atoms with E-state index >= 15 is 0 Å². The molecule has 3 heterocycles. The Kier molecular flexibility index (Phi) is 5.75. The lowest BCUT2D eigenvalue weighted by Gasteiger charge is -2.30. The van der Waals surface area contributed by atoms with Gasteiger partial charge in [-0.2, -0.15) is 4.68 Å². The zero-order valence-corrected chi connectivity index (χ0v) is 17.4. The third-order valence-corrected chi connectivity index (χ3v) is 6.14. The van der Waals surface area contributed by atoms with Crippen molar-refractivity contribution >= 4 is 23.5 Å². The third kappa shape index (κ3) is 4.24. The van der Waals surface area contributed by atoms with E-state index in [9.17, 15) is 4.79 Å². The zero-order chi connectivity index (χ0) is 20.2. The second-order valence-electron chi connectivity index (χ2n) is 7.00. The van der Waals surface area contributed by atoms with Gasteiger partial charge in [-0.05, 0) is 47.5 Å². The number of pyridine rings is 1. The molecule has 1 N–H and O–H groups in total. The van der Waals surface area contributed by atoms with E-state index in [-0.39, 0.29) is 5.91 Å². The zero-order valence-electron chi connectivity index (χ0n) is 16.6. The molecular formula is C20H24N7OS+. The van der Waals surface area contributed by atoms with Gasteiger partial charge in [-0.15, -0.1) is 5.10 Å². The molecule has 0 spiro atoms. The highest BCUT2D eigenvalue weighted by Crippen LogP contribution is 2.23. The highest BCUT2D eigenvalue weighted by molar-refractivity contribution is 7.99. The van der Waals surface area contributed by atoms with Crippen molar-refractivity contribution in [3.8, 4) is 5.69 Å². The molecule has 1 fully saturated rings. The molecule has 9 heteroatoms. The maximum Gasteiger partial charge on any atom is 0.274 e. The Hall–Kier alpha value is -2.94. The maximum absolute atomic E-state index is 12.7. The molecular weight excluding hydrogens is 386 g/mol. The second-order valence-corrected chi connectivity index (χ2v) is 7.94. The number of aromatic nitrogens is 5. The molecule has 3 aromatic rings. The molecule has 150 valence electrons. The molecule has 0 saturated carbocycles. The smallest absolute Gasteiger partial charge is 0.274 e. The number of nitrogens with zero attached hydrogens (tertiary/aromatic N) is 6. The summed E-state index contributed by atoms with van der Waals surface area (Å²) < 4.78 is 1.71. The van der Waals surface area contributed by atoms with Crippen molar-refractivity contribution in [3.63, 3.8) is 0 Å². The van der Waals surface area contributed by atoms with Gasteiger partial charge in [0.25, 0.3) is 5.82 Å². The van der Waals surface area contributed by atoms with Gasteiger partial charge >= 0.3 is 0 Å². The first-order valence-corrected chi connectivity index (χ1v) is 10.6. The van der Waals surface area contributed by atoms with Crippen LogP contribution in [0, 0.1) is 13.8 Å². The van der Waals surface area contributed by atoms with Gasteiger partial charge in [-0.1, -0.05) is 30.0 Å². The monoisotopic (exact) mass is 410 g/mol. The average Bonchev–Trinajstić information content (AvgIpc) is 3.23. The summed E-state index contributed by atoms with van der Waals surface area (Å²) in [4.78, 5) is 20.1. The van der Waals surface area contributed by atoms with Gasteiger partial charge in [-0.3, -0.25) is 9.69 Å². The van der Waals surface area contributed by atoms with E-state index in [2.05, 4.69) is 51.4 Å². The first kappa shape index (κ1) is 19.4. The van der Waals surface area contributed by atoms with Crippen LogP contribution >= 0.6 is 11.8 Å². The predicted octanol–water partition coefficient (Wildman–Crippen LogP) is 1.53. The number of amides is 1. The van der Waals surface area contributed by atoms with Crippen LogP contribution in [-0.2, 0) is 4.79 Å².